The number of fused-ring (bicyclic) bond motifs is 1. The summed E-state index contributed by atoms with van der Waals surface area (Å²) < 4.78 is 35.3. The summed E-state index contributed by atoms with van der Waals surface area (Å²) in [5.74, 6) is -1.03. The van der Waals surface area contributed by atoms with Gasteiger partial charge in [0, 0.05) is 16.7 Å². The summed E-state index contributed by atoms with van der Waals surface area (Å²) in [7, 11) is -6.29. The van der Waals surface area contributed by atoms with Crippen molar-refractivity contribution >= 4 is 30.0 Å². The highest BCUT2D eigenvalue weighted by atomic mass is 32.2. The average Bonchev–Trinajstić information content (AvgIpc) is 3.34. The Labute approximate surface area is 248 Å². The number of carbonyl (C=O) groups excluding carboxylic acids is 2. The maximum absolute atomic E-state index is 14.1. The molecule has 1 N–H and O–H groups in total. The van der Waals surface area contributed by atoms with E-state index in [-0.39, 0.29) is 34.5 Å². The molecule has 41 heavy (non-hydrogen) atoms. The molecule has 1 amide bonds. The summed E-state index contributed by atoms with van der Waals surface area (Å²) in [5, 5.41) is 10.9. The van der Waals surface area contributed by atoms with Crippen molar-refractivity contribution < 1.29 is 27.5 Å². The van der Waals surface area contributed by atoms with Crippen molar-refractivity contribution in [1.29, 1.82) is 0 Å². The molecule has 0 radical (unpaired) electrons. The molecule has 230 valence electrons. The van der Waals surface area contributed by atoms with E-state index >= 15 is 0 Å². The Kier molecular flexibility index (Phi) is 8.11. The summed E-state index contributed by atoms with van der Waals surface area (Å²) >= 11 is 0. The Morgan fingerprint density at radius 3 is 2.24 bits per heavy atom. The summed E-state index contributed by atoms with van der Waals surface area (Å²) in [5.41, 5.74) is -1.07. The largest absolute Gasteiger partial charge is 0.412 e. The van der Waals surface area contributed by atoms with E-state index < -0.39 is 53.2 Å². The molecule has 0 unspecified atom stereocenters. The normalized spacial score (nSPS) is 29.2. The van der Waals surface area contributed by atoms with E-state index in [1.165, 1.54) is 4.31 Å². The zero-order valence-corrected chi connectivity index (χ0v) is 28.5. The maximum atomic E-state index is 14.1. The van der Waals surface area contributed by atoms with Gasteiger partial charge in [-0.05, 0) is 54.3 Å². The van der Waals surface area contributed by atoms with Crippen molar-refractivity contribution in [2.75, 3.05) is 5.75 Å². The van der Waals surface area contributed by atoms with Crippen molar-refractivity contribution in [3.8, 4) is 0 Å². The van der Waals surface area contributed by atoms with Crippen LogP contribution in [0.3, 0.4) is 0 Å². The monoisotopic (exact) mass is 605 g/mol. The quantitative estimate of drug-likeness (QED) is 0.342. The molecule has 1 spiro atoms. The van der Waals surface area contributed by atoms with Crippen LogP contribution in [-0.2, 0) is 24.0 Å². The topological polar surface area (TPSA) is 101 Å². The van der Waals surface area contributed by atoms with Gasteiger partial charge in [0.15, 0.2) is 8.32 Å². The third-order valence-electron chi connectivity index (χ3n) is 11.7. The molecule has 1 heterocycles. The number of aliphatic hydroxyl groups excluding tert-OH is 1. The van der Waals surface area contributed by atoms with Crippen molar-refractivity contribution in [3.05, 3.63) is 35.9 Å². The zero-order valence-electron chi connectivity index (χ0n) is 26.7. The van der Waals surface area contributed by atoms with Gasteiger partial charge in [-0.3, -0.25) is 9.59 Å². The molecule has 7 nitrogen and oxygen atoms in total. The zero-order chi connectivity index (χ0) is 31.0. The third kappa shape index (κ3) is 5.16. The molecule has 3 aliphatic rings. The molecule has 3 fully saturated rings. The van der Waals surface area contributed by atoms with Gasteiger partial charge in [-0.1, -0.05) is 85.7 Å². The van der Waals surface area contributed by atoms with E-state index in [1.54, 1.807) is 32.9 Å². The maximum Gasteiger partial charge on any atom is 0.238 e. The van der Waals surface area contributed by atoms with Gasteiger partial charge in [0.05, 0.1) is 30.4 Å². The smallest absolute Gasteiger partial charge is 0.238 e. The summed E-state index contributed by atoms with van der Waals surface area (Å²) in [6.07, 6.45) is 0.474. The number of rotatable bonds is 9. The molecule has 0 aromatic heterocycles. The van der Waals surface area contributed by atoms with Gasteiger partial charge in [-0.25, -0.2) is 12.7 Å². The van der Waals surface area contributed by atoms with E-state index in [4.69, 9.17) is 4.43 Å². The Balaban J connectivity index is 1.67. The molecule has 6 atom stereocenters. The van der Waals surface area contributed by atoms with Gasteiger partial charge in [-0.15, -0.1) is 0 Å². The van der Waals surface area contributed by atoms with Crippen LogP contribution in [0.2, 0.25) is 18.1 Å². The molecule has 1 aromatic rings. The Morgan fingerprint density at radius 1 is 1.12 bits per heavy atom. The molecule has 1 saturated heterocycles. The lowest BCUT2D eigenvalue weighted by molar-refractivity contribution is -0.142. The van der Waals surface area contributed by atoms with Crippen molar-refractivity contribution in [2.45, 2.75) is 117 Å². The minimum absolute atomic E-state index is 0.0102. The Hall–Kier alpha value is -1.55. The predicted molar refractivity (Wildman–Crippen MR) is 164 cm³/mol. The van der Waals surface area contributed by atoms with Crippen LogP contribution in [0.1, 0.15) is 92.7 Å². The summed E-state index contributed by atoms with van der Waals surface area (Å²) in [6.45, 7) is 20.0. The van der Waals surface area contributed by atoms with Crippen LogP contribution >= 0.6 is 0 Å². The van der Waals surface area contributed by atoms with Gasteiger partial charge >= 0.3 is 0 Å². The highest BCUT2D eigenvalue weighted by molar-refractivity contribution is 7.90. The number of nitrogens with zero attached hydrogens (tertiary/aromatic N) is 1. The molecule has 1 aromatic carbocycles. The average molecular weight is 606 g/mol. The third-order valence-corrected chi connectivity index (χ3v) is 18.2. The number of benzene rings is 1. The second kappa shape index (κ2) is 10.3. The fourth-order valence-electron chi connectivity index (χ4n) is 7.67. The van der Waals surface area contributed by atoms with Crippen LogP contribution in [0, 0.1) is 28.1 Å². The number of ketones is 1. The van der Waals surface area contributed by atoms with Crippen LogP contribution in [0.4, 0.5) is 0 Å². The van der Waals surface area contributed by atoms with Crippen LogP contribution in [0.5, 0.6) is 0 Å². The highest BCUT2D eigenvalue weighted by Crippen LogP contribution is 2.70. The minimum atomic E-state index is -3.80. The van der Waals surface area contributed by atoms with E-state index in [0.29, 0.717) is 17.9 Å². The predicted octanol–water partition coefficient (Wildman–Crippen LogP) is 6.10. The standard InChI is InChI=1S/C32H51NO6SSi/c1-21(27(35)22-14-12-11-13-15-22)28(36)30(5,6)25(39-41(9,10)29(2,3)4)19-26(34)33-24-18-23-16-17-32(24,31(23,7)8)20-40(33,37)38/h11-15,21,23-25,27,35H,16-20H2,1-10H3/t21-,23-,24+,25+,27-,32-/m1/s1. The van der Waals surface area contributed by atoms with Crippen LogP contribution in [0.25, 0.3) is 0 Å². The Morgan fingerprint density at radius 2 is 1.71 bits per heavy atom. The number of Topliss-reactive ketones (excluding diaryl/α,β-unsaturated/α-hetero) is 1. The molecular weight excluding hydrogens is 555 g/mol. The van der Waals surface area contributed by atoms with Crippen molar-refractivity contribution in [1.82, 2.24) is 4.31 Å². The first-order valence-electron chi connectivity index (χ1n) is 15.1. The number of hydrogen-bond acceptors (Lipinski definition) is 6. The number of aliphatic hydroxyl groups is 1. The van der Waals surface area contributed by atoms with Gasteiger partial charge in [0.25, 0.3) is 0 Å². The summed E-state index contributed by atoms with van der Waals surface area (Å²) in [6, 6.07) is 8.75. The molecule has 4 rings (SSSR count). The number of hydrogen-bond donors (Lipinski definition) is 1. The number of amides is 1. The number of carbonyl (C=O) groups is 2. The first-order valence-corrected chi connectivity index (χ1v) is 19.6. The fourth-order valence-corrected chi connectivity index (χ4v) is 11.7. The lowest BCUT2D eigenvalue weighted by Gasteiger charge is -2.45. The van der Waals surface area contributed by atoms with E-state index in [9.17, 15) is 23.1 Å². The van der Waals surface area contributed by atoms with Gasteiger partial charge in [-0.2, -0.15) is 0 Å². The van der Waals surface area contributed by atoms with Crippen molar-refractivity contribution in [2.24, 2.45) is 28.1 Å². The first-order chi connectivity index (χ1) is 18.6. The van der Waals surface area contributed by atoms with Crippen LogP contribution in [0.15, 0.2) is 30.3 Å². The second-order valence-corrected chi connectivity index (χ2v) is 22.2. The molecular formula is C32H51NO6SSi. The minimum Gasteiger partial charge on any atom is -0.412 e. The first kappa shape index (κ1) is 32.4. The number of sulfonamides is 1. The van der Waals surface area contributed by atoms with Crippen LogP contribution in [-0.4, -0.2) is 55.7 Å². The molecule has 2 saturated carbocycles. The lowest BCUT2D eigenvalue weighted by Crippen LogP contribution is -2.53. The molecule has 2 bridgehead atoms. The molecule has 1 aliphatic heterocycles. The molecule has 2 aliphatic carbocycles. The summed E-state index contributed by atoms with van der Waals surface area (Å²) in [4.78, 5) is 28.2. The highest BCUT2D eigenvalue weighted by Gasteiger charge is 2.72. The van der Waals surface area contributed by atoms with Gasteiger partial charge < -0.3 is 9.53 Å². The SMILES string of the molecule is C[C@@H](C(=O)C(C)(C)[C@H](CC(=O)N1[C@H]2C[C@H]3CC[C@]2(CS1(=O)=O)C3(C)C)O[Si](C)(C)C(C)(C)C)[C@@H](O)c1ccccc1. The Bertz CT molecular complexity index is 1280. The van der Waals surface area contributed by atoms with E-state index in [2.05, 4.69) is 47.7 Å². The molecule has 9 heteroatoms. The second-order valence-electron chi connectivity index (χ2n) is 15.6. The van der Waals surface area contributed by atoms with E-state index in [1.807, 2.05) is 18.2 Å². The lowest BCUT2D eigenvalue weighted by atomic mass is 9.69. The van der Waals surface area contributed by atoms with E-state index in [0.717, 1.165) is 12.8 Å². The van der Waals surface area contributed by atoms with Gasteiger partial charge in [0.2, 0.25) is 15.9 Å². The van der Waals surface area contributed by atoms with Crippen LogP contribution < -0.4 is 0 Å². The van der Waals surface area contributed by atoms with Crippen molar-refractivity contribution in [3.63, 3.8) is 0 Å². The fraction of sp³-hybridized carbons (Fsp3) is 0.750. The van der Waals surface area contributed by atoms with Gasteiger partial charge in [0.1, 0.15) is 5.78 Å².